The van der Waals surface area contributed by atoms with Crippen LogP contribution in [0, 0.1) is 0 Å². The summed E-state index contributed by atoms with van der Waals surface area (Å²) in [7, 11) is 1.62. The maximum Gasteiger partial charge on any atom is 0.238 e. The third kappa shape index (κ3) is 4.93. The minimum Gasteiger partial charge on any atom is -0.497 e. The van der Waals surface area contributed by atoms with E-state index in [-0.39, 0.29) is 5.91 Å². The van der Waals surface area contributed by atoms with Crippen molar-refractivity contribution in [1.82, 2.24) is 5.32 Å². The minimum atomic E-state index is -0.00426. The van der Waals surface area contributed by atoms with Gasteiger partial charge in [-0.2, -0.15) is 11.8 Å². The average molecular weight is 308 g/mol. The number of anilines is 1. The Labute approximate surface area is 131 Å². The van der Waals surface area contributed by atoms with Gasteiger partial charge in [0.15, 0.2) is 0 Å². The van der Waals surface area contributed by atoms with Gasteiger partial charge in [0.1, 0.15) is 5.75 Å². The highest BCUT2D eigenvalue weighted by Crippen LogP contribution is 2.29. The standard InChI is InChI=1S/C16H24N2O2S/c1-3-21-15-9-5-8-14(15)17-11-16(19)18-12-6-4-7-13(10-12)20-2/h4,6-7,10,14-15,17H,3,5,8-9,11H2,1-2H3,(H,18,19). The van der Waals surface area contributed by atoms with Crippen LogP contribution in [0.5, 0.6) is 5.75 Å². The number of carbonyl (C=O) groups is 1. The van der Waals surface area contributed by atoms with E-state index >= 15 is 0 Å². The Morgan fingerprint density at radius 2 is 2.29 bits per heavy atom. The molecule has 0 aromatic heterocycles. The zero-order chi connectivity index (χ0) is 15.1. The molecule has 0 aliphatic heterocycles. The van der Waals surface area contributed by atoms with Crippen LogP contribution in [0.2, 0.25) is 0 Å². The molecule has 2 rings (SSSR count). The molecule has 4 nitrogen and oxygen atoms in total. The smallest absolute Gasteiger partial charge is 0.238 e. The lowest BCUT2D eigenvalue weighted by atomic mass is 10.2. The fourth-order valence-electron chi connectivity index (χ4n) is 2.70. The van der Waals surface area contributed by atoms with Crippen molar-refractivity contribution in [2.24, 2.45) is 0 Å². The Bertz CT molecular complexity index is 467. The van der Waals surface area contributed by atoms with E-state index in [0.29, 0.717) is 17.8 Å². The normalized spacial score (nSPS) is 21.2. The fourth-order valence-corrected chi connectivity index (χ4v) is 3.93. The molecule has 0 radical (unpaired) electrons. The lowest BCUT2D eigenvalue weighted by Crippen LogP contribution is -2.39. The van der Waals surface area contributed by atoms with E-state index in [1.807, 2.05) is 36.0 Å². The van der Waals surface area contributed by atoms with Gasteiger partial charge in [0.25, 0.3) is 0 Å². The van der Waals surface area contributed by atoms with Crippen molar-refractivity contribution >= 4 is 23.4 Å². The number of amides is 1. The van der Waals surface area contributed by atoms with Crippen molar-refractivity contribution in [3.05, 3.63) is 24.3 Å². The zero-order valence-corrected chi connectivity index (χ0v) is 13.5. The van der Waals surface area contributed by atoms with E-state index in [2.05, 4.69) is 17.6 Å². The van der Waals surface area contributed by atoms with Crippen molar-refractivity contribution in [3.63, 3.8) is 0 Å². The second-order valence-corrected chi connectivity index (χ2v) is 6.71. The topological polar surface area (TPSA) is 50.4 Å². The molecule has 1 aromatic carbocycles. The number of ether oxygens (including phenoxy) is 1. The fraction of sp³-hybridized carbons (Fsp3) is 0.562. The van der Waals surface area contributed by atoms with Crippen molar-refractivity contribution in [1.29, 1.82) is 0 Å². The number of nitrogens with one attached hydrogen (secondary N) is 2. The predicted molar refractivity (Wildman–Crippen MR) is 89.2 cm³/mol. The van der Waals surface area contributed by atoms with E-state index in [1.54, 1.807) is 7.11 Å². The van der Waals surface area contributed by atoms with E-state index in [9.17, 15) is 4.79 Å². The molecule has 2 unspecified atom stereocenters. The van der Waals surface area contributed by atoms with E-state index in [0.717, 1.165) is 17.2 Å². The van der Waals surface area contributed by atoms with Gasteiger partial charge in [0, 0.05) is 23.0 Å². The number of thioether (sulfide) groups is 1. The van der Waals surface area contributed by atoms with Crippen molar-refractivity contribution in [2.45, 2.75) is 37.5 Å². The molecule has 0 spiro atoms. The van der Waals surface area contributed by atoms with Crippen molar-refractivity contribution in [2.75, 3.05) is 24.7 Å². The molecule has 116 valence electrons. The first-order valence-electron chi connectivity index (χ1n) is 7.51. The van der Waals surface area contributed by atoms with Crippen LogP contribution in [0.3, 0.4) is 0 Å². The Morgan fingerprint density at radius 1 is 1.43 bits per heavy atom. The van der Waals surface area contributed by atoms with Crippen LogP contribution in [-0.4, -0.2) is 36.6 Å². The maximum atomic E-state index is 12.0. The van der Waals surface area contributed by atoms with Gasteiger partial charge in [-0.05, 0) is 30.7 Å². The van der Waals surface area contributed by atoms with Gasteiger partial charge in [-0.15, -0.1) is 0 Å². The molecule has 21 heavy (non-hydrogen) atoms. The first kappa shape index (κ1) is 16.2. The monoisotopic (exact) mass is 308 g/mol. The number of benzene rings is 1. The Balaban J connectivity index is 1.79. The lowest BCUT2D eigenvalue weighted by Gasteiger charge is -2.19. The van der Waals surface area contributed by atoms with Crippen LogP contribution in [0.1, 0.15) is 26.2 Å². The van der Waals surface area contributed by atoms with E-state index in [1.165, 1.54) is 19.3 Å². The second kappa shape index (κ2) is 8.29. The molecule has 0 heterocycles. The van der Waals surface area contributed by atoms with Crippen LogP contribution < -0.4 is 15.4 Å². The van der Waals surface area contributed by atoms with Crippen LogP contribution in [-0.2, 0) is 4.79 Å². The molecule has 5 heteroatoms. The summed E-state index contributed by atoms with van der Waals surface area (Å²) in [6.07, 6.45) is 3.69. The summed E-state index contributed by atoms with van der Waals surface area (Å²) in [4.78, 5) is 12.0. The Morgan fingerprint density at radius 3 is 3.05 bits per heavy atom. The summed E-state index contributed by atoms with van der Waals surface area (Å²) in [5, 5.41) is 6.95. The quantitative estimate of drug-likeness (QED) is 0.813. The number of hydrogen-bond acceptors (Lipinski definition) is 4. The number of carbonyl (C=O) groups excluding carboxylic acids is 1. The second-order valence-electron chi connectivity index (χ2n) is 5.19. The summed E-state index contributed by atoms with van der Waals surface area (Å²) in [5.41, 5.74) is 0.770. The molecule has 1 aromatic rings. The molecule has 0 saturated heterocycles. The number of rotatable bonds is 7. The van der Waals surface area contributed by atoms with Crippen molar-refractivity contribution in [3.8, 4) is 5.75 Å². The average Bonchev–Trinajstić information content (AvgIpc) is 2.93. The minimum absolute atomic E-state index is 0.00426. The highest BCUT2D eigenvalue weighted by molar-refractivity contribution is 7.99. The molecule has 2 atom stereocenters. The van der Waals surface area contributed by atoms with E-state index in [4.69, 9.17) is 4.74 Å². The van der Waals surface area contributed by atoms with Gasteiger partial charge in [-0.25, -0.2) is 0 Å². The van der Waals surface area contributed by atoms with Gasteiger partial charge in [0.05, 0.1) is 13.7 Å². The maximum absolute atomic E-state index is 12.0. The van der Waals surface area contributed by atoms with Crippen LogP contribution >= 0.6 is 11.8 Å². The summed E-state index contributed by atoms with van der Waals surface area (Å²) in [6, 6.07) is 7.88. The molecule has 2 N–H and O–H groups in total. The molecule has 1 amide bonds. The zero-order valence-electron chi connectivity index (χ0n) is 12.7. The van der Waals surface area contributed by atoms with Crippen LogP contribution in [0.15, 0.2) is 24.3 Å². The Kier molecular flexibility index (Phi) is 6.39. The third-order valence-electron chi connectivity index (χ3n) is 3.71. The highest BCUT2D eigenvalue weighted by Gasteiger charge is 2.26. The molecule has 1 fully saturated rings. The number of hydrogen-bond donors (Lipinski definition) is 2. The first-order chi connectivity index (χ1) is 10.2. The molecule has 1 aliphatic rings. The summed E-state index contributed by atoms with van der Waals surface area (Å²) < 4.78 is 5.15. The highest BCUT2D eigenvalue weighted by atomic mass is 32.2. The van der Waals surface area contributed by atoms with Gasteiger partial charge in [0.2, 0.25) is 5.91 Å². The number of methoxy groups -OCH3 is 1. The van der Waals surface area contributed by atoms with Gasteiger partial charge < -0.3 is 15.4 Å². The van der Waals surface area contributed by atoms with Gasteiger partial charge in [-0.1, -0.05) is 19.4 Å². The van der Waals surface area contributed by atoms with Crippen LogP contribution in [0.4, 0.5) is 5.69 Å². The molecular weight excluding hydrogens is 284 g/mol. The molecule has 0 bridgehead atoms. The third-order valence-corrected chi connectivity index (χ3v) is 5.04. The molecule has 1 saturated carbocycles. The van der Waals surface area contributed by atoms with Crippen molar-refractivity contribution < 1.29 is 9.53 Å². The van der Waals surface area contributed by atoms with Gasteiger partial charge in [-0.3, -0.25) is 4.79 Å². The molecule has 1 aliphatic carbocycles. The lowest BCUT2D eigenvalue weighted by molar-refractivity contribution is -0.115. The van der Waals surface area contributed by atoms with Crippen LogP contribution in [0.25, 0.3) is 0 Å². The van der Waals surface area contributed by atoms with Gasteiger partial charge >= 0.3 is 0 Å². The Hall–Kier alpha value is -1.20. The summed E-state index contributed by atoms with van der Waals surface area (Å²) in [5.74, 6) is 1.88. The predicted octanol–water partition coefficient (Wildman–Crippen LogP) is 2.90. The summed E-state index contributed by atoms with van der Waals surface area (Å²) in [6.45, 7) is 2.55. The van der Waals surface area contributed by atoms with E-state index < -0.39 is 0 Å². The first-order valence-corrected chi connectivity index (χ1v) is 8.56. The summed E-state index contributed by atoms with van der Waals surface area (Å²) >= 11 is 2.00. The SMILES string of the molecule is CCSC1CCCC1NCC(=O)Nc1cccc(OC)c1. The molecular formula is C16H24N2O2S. The largest absolute Gasteiger partial charge is 0.497 e.